The van der Waals surface area contributed by atoms with Crippen LogP contribution in [-0.4, -0.2) is 11.2 Å². The highest BCUT2D eigenvalue weighted by molar-refractivity contribution is 5.02. The zero-order chi connectivity index (χ0) is 8.97. The summed E-state index contributed by atoms with van der Waals surface area (Å²) >= 11 is 0. The van der Waals surface area contributed by atoms with Crippen molar-refractivity contribution in [3.63, 3.8) is 0 Å². The zero-order valence-electron chi connectivity index (χ0n) is 8.05. The molecule has 0 aromatic rings. The molecule has 1 nitrogen and oxygen atoms in total. The van der Waals surface area contributed by atoms with Gasteiger partial charge in [0.2, 0.25) is 0 Å². The molecule has 1 saturated carbocycles. The number of unbranched alkanes of at least 4 members (excludes halogenated alkanes) is 1. The van der Waals surface area contributed by atoms with Gasteiger partial charge in [-0.05, 0) is 25.2 Å². The summed E-state index contributed by atoms with van der Waals surface area (Å²) in [7, 11) is 0. The van der Waals surface area contributed by atoms with Crippen molar-refractivity contribution in [3.8, 4) is 0 Å². The van der Waals surface area contributed by atoms with Gasteiger partial charge in [0.25, 0.3) is 0 Å². The van der Waals surface area contributed by atoms with Crippen LogP contribution in [0.3, 0.4) is 0 Å². The van der Waals surface area contributed by atoms with Gasteiger partial charge in [0.1, 0.15) is 0 Å². The largest absolute Gasteiger partial charge is 0.393 e. The van der Waals surface area contributed by atoms with Crippen molar-refractivity contribution in [2.45, 2.75) is 51.6 Å². The lowest BCUT2D eigenvalue weighted by atomic mass is 9.82. The Morgan fingerprint density at radius 1 is 1.50 bits per heavy atom. The van der Waals surface area contributed by atoms with Crippen molar-refractivity contribution in [1.29, 1.82) is 0 Å². The first-order chi connectivity index (χ1) is 5.72. The molecule has 1 fully saturated rings. The second-order valence-electron chi connectivity index (χ2n) is 4.06. The van der Waals surface area contributed by atoms with E-state index in [1.807, 2.05) is 0 Å². The lowest BCUT2D eigenvalue weighted by Crippen LogP contribution is -2.20. The topological polar surface area (TPSA) is 20.2 Å². The van der Waals surface area contributed by atoms with Crippen molar-refractivity contribution in [3.05, 3.63) is 12.2 Å². The summed E-state index contributed by atoms with van der Waals surface area (Å²) in [6, 6.07) is 0. The molecule has 0 saturated heterocycles. The zero-order valence-corrected chi connectivity index (χ0v) is 8.05. The highest BCUT2D eigenvalue weighted by Gasteiger charge is 2.21. The lowest BCUT2D eigenvalue weighted by Gasteiger charge is -2.27. The molecule has 1 heteroatoms. The standard InChI is InChI=1S/C11H20O/c1-3-4-5-10-6-9(2)7-11(12)8-10/h10-12H,2-8H2,1H3. The molecule has 12 heavy (non-hydrogen) atoms. The van der Waals surface area contributed by atoms with Gasteiger partial charge in [-0.2, -0.15) is 0 Å². The Bertz CT molecular complexity index is 151. The second-order valence-corrected chi connectivity index (χ2v) is 4.06. The molecule has 1 aliphatic carbocycles. The Morgan fingerprint density at radius 2 is 2.25 bits per heavy atom. The minimum Gasteiger partial charge on any atom is -0.393 e. The van der Waals surface area contributed by atoms with Gasteiger partial charge in [-0.25, -0.2) is 0 Å². The van der Waals surface area contributed by atoms with Crippen LogP contribution in [0.4, 0.5) is 0 Å². The number of aliphatic hydroxyl groups excluding tert-OH is 1. The summed E-state index contributed by atoms with van der Waals surface area (Å²) in [5.41, 5.74) is 1.25. The van der Waals surface area contributed by atoms with Gasteiger partial charge in [-0.15, -0.1) is 0 Å². The van der Waals surface area contributed by atoms with Crippen molar-refractivity contribution >= 4 is 0 Å². The fraction of sp³-hybridized carbons (Fsp3) is 0.818. The molecule has 70 valence electrons. The van der Waals surface area contributed by atoms with Gasteiger partial charge < -0.3 is 5.11 Å². The SMILES string of the molecule is C=C1CC(O)CC(CCCC)C1. The number of rotatable bonds is 3. The van der Waals surface area contributed by atoms with Crippen LogP contribution < -0.4 is 0 Å². The molecule has 0 bridgehead atoms. The summed E-state index contributed by atoms with van der Waals surface area (Å²) in [6.07, 6.45) is 6.71. The molecule has 1 rings (SSSR count). The average molecular weight is 168 g/mol. The van der Waals surface area contributed by atoms with Crippen LogP contribution in [0.2, 0.25) is 0 Å². The molecule has 2 unspecified atom stereocenters. The van der Waals surface area contributed by atoms with Crippen LogP contribution in [0.15, 0.2) is 12.2 Å². The van der Waals surface area contributed by atoms with Gasteiger partial charge >= 0.3 is 0 Å². The van der Waals surface area contributed by atoms with E-state index in [2.05, 4.69) is 13.5 Å². The average Bonchev–Trinajstić information content (AvgIpc) is 1.99. The van der Waals surface area contributed by atoms with E-state index in [0.29, 0.717) is 5.92 Å². The third-order valence-electron chi connectivity index (χ3n) is 2.67. The van der Waals surface area contributed by atoms with Crippen LogP contribution in [0.25, 0.3) is 0 Å². The summed E-state index contributed by atoms with van der Waals surface area (Å²) in [6.45, 7) is 6.18. The molecule has 1 N–H and O–H groups in total. The summed E-state index contributed by atoms with van der Waals surface area (Å²) < 4.78 is 0. The van der Waals surface area contributed by atoms with Crippen LogP contribution in [0.5, 0.6) is 0 Å². The maximum Gasteiger partial charge on any atom is 0.0580 e. The van der Waals surface area contributed by atoms with E-state index in [1.165, 1.54) is 24.8 Å². The molecular formula is C11H20O. The van der Waals surface area contributed by atoms with E-state index < -0.39 is 0 Å². The monoisotopic (exact) mass is 168 g/mol. The predicted molar refractivity (Wildman–Crippen MR) is 52.0 cm³/mol. The molecule has 2 atom stereocenters. The van der Waals surface area contributed by atoms with Gasteiger partial charge in [0, 0.05) is 0 Å². The summed E-state index contributed by atoms with van der Waals surface area (Å²) in [5, 5.41) is 9.49. The highest BCUT2D eigenvalue weighted by atomic mass is 16.3. The minimum atomic E-state index is -0.104. The molecule has 0 heterocycles. The first kappa shape index (κ1) is 9.79. The molecule has 0 radical (unpaired) electrons. The molecule has 1 aliphatic rings. The van der Waals surface area contributed by atoms with E-state index in [9.17, 15) is 5.11 Å². The van der Waals surface area contributed by atoms with Gasteiger partial charge in [-0.1, -0.05) is 38.3 Å². The molecule has 0 aromatic heterocycles. The maximum absolute atomic E-state index is 9.49. The Balaban J connectivity index is 2.29. The molecule has 0 aromatic carbocycles. The van der Waals surface area contributed by atoms with Crippen LogP contribution in [0, 0.1) is 5.92 Å². The van der Waals surface area contributed by atoms with Crippen molar-refractivity contribution in [2.75, 3.05) is 0 Å². The molecule has 0 aliphatic heterocycles. The van der Waals surface area contributed by atoms with E-state index in [1.54, 1.807) is 0 Å². The third kappa shape index (κ3) is 2.98. The van der Waals surface area contributed by atoms with Crippen LogP contribution in [0.1, 0.15) is 45.4 Å². The maximum atomic E-state index is 9.49. The van der Waals surface area contributed by atoms with Gasteiger partial charge in [-0.3, -0.25) is 0 Å². The Morgan fingerprint density at radius 3 is 2.83 bits per heavy atom. The van der Waals surface area contributed by atoms with E-state index in [0.717, 1.165) is 19.3 Å². The van der Waals surface area contributed by atoms with Crippen LogP contribution in [-0.2, 0) is 0 Å². The number of hydrogen-bond acceptors (Lipinski definition) is 1. The Labute approximate surface area is 75.5 Å². The van der Waals surface area contributed by atoms with Gasteiger partial charge in [0.05, 0.1) is 6.10 Å². The summed E-state index contributed by atoms with van der Waals surface area (Å²) in [5.74, 6) is 0.709. The fourth-order valence-corrected chi connectivity index (χ4v) is 2.09. The quantitative estimate of drug-likeness (QED) is 0.642. The van der Waals surface area contributed by atoms with Crippen LogP contribution >= 0.6 is 0 Å². The Kier molecular flexibility index (Phi) is 3.80. The molecule has 0 spiro atoms. The fourth-order valence-electron chi connectivity index (χ4n) is 2.09. The van der Waals surface area contributed by atoms with E-state index >= 15 is 0 Å². The lowest BCUT2D eigenvalue weighted by molar-refractivity contribution is 0.120. The highest BCUT2D eigenvalue weighted by Crippen LogP contribution is 2.30. The first-order valence-electron chi connectivity index (χ1n) is 5.07. The number of aliphatic hydroxyl groups is 1. The third-order valence-corrected chi connectivity index (χ3v) is 2.67. The van der Waals surface area contributed by atoms with Crippen molar-refractivity contribution in [1.82, 2.24) is 0 Å². The normalized spacial score (nSPS) is 30.7. The van der Waals surface area contributed by atoms with E-state index in [4.69, 9.17) is 0 Å². The van der Waals surface area contributed by atoms with E-state index in [-0.39, 0.29) is 6.10 Å². The number of hydrogen-bond donors (Lipinski definition) is 1. The first-order valence-corrected chi connectivity index (χ1v) is 5.07. The van der Waals surface area contributed by atoms with Crippen molar-refractivity contribution in [2.24, 2.45) is 5.92 Å². The van der Waals surface area contributed by atoms with Crippen molar-refractivity contribution < 1.29 is 5.11 Å². The van der Waals surface area contributed by atoms with Gasteiger partial charge in [0.15, 0.2) is 0 Å². The molecule has 0 amide bonds. The predicted octanol–water partition coefficient (Wildman–Crippen LogP) is 2.89. The second kappa shape index (κ2) is 4.66. The smallest absolute Gasteiger partial charge is 0.0580 e. The Hall–Kier alpha value is -0.300. The summed E-state index contributed by atoms with van der Waals surface area (Å²) in [4.78, 5) is 0. The minimum absolute atomic E-state index is 0.104. The molecular weight excluding hydrogens is 148 g/mol.